The Kier molecular flexibility index (Phi) is 6.35. The van der Waals surface area contributed by atoms with Gasteiger partial charge in [0.05, 0.1) is 24.3 Å². The second-order valence-corrected chi connectivity index (χ2v) is 9.61. The number of nitrogens with one attached hydrogen (secondary N) is 1. The van der Waals surface area contributed by atoms with Crippen LogP contribution >= 0.6 is 27.5 Å². The number of nitrogens with zero attached hydrogens (tertiary/aromatic N) is 2. The third-order valence-electron chi connectivity index (χ3n) is 6.16. The minimum atomic E-state index is -0.999. The van der Waals surface area contributed by atoms with E-state index in [0.717, 1.165) is 14.9 Å². The lowest BCUT2D eigenvalue weighted by atomic mass is 9.91. The first-order valence-electron chi connectivity index (χ1n) is 11.1. The van der Waals surface area contributed by atoms with E-state index < -0.39 is 29.8 Å². The average Bonchev–Trinajstić information content (AvgIpc) is 3.37. The van der Waals surface area contributed by atoms with Gasteiger partial charge < -0.3 is 4.74 Å². The van der Waals surface area contributed by atoms with E-state index in [0.29, 0.717) is 28.6 Å². The summed E-state index contributed by atoms with van der Waals surface area (Å²) in [6.07, 6.45) is 0. The summed E-state index contributed by atoms with van der Waals surface area (Å²) in [4.78, 5) is 42.0. The Morgan fingerprint density at radius 3 is 2.40 bits per heavy atom. The van der Waals surface area contributed by atoms with Crippen molar-refractivity contribution in [3.05, 3.63) is 93.4 Å². The summed E-state index contributed by atoms with van der Waals surface area (Å²) in [6, 6.07) is 19.1. The third kappa shape index (κ3) is 4.22. The zero-order valence-corrected chi connectivity index (χ0v) is 21.0. The number of carbonyl (C=O) groups excluding carboxylic acids is 3. The lowest BCUT2D eigenvalue weighted by Gasteiger charge is -2.25. The van der Waals surface area contributed by atoms with Gasteiger partial charge >= 0.3 is 0 Å². The topological polar surface area (TPSA) is 79.0 Å². The van der Waals surface area contributed by atoms with Crippen molar-refractivity contribution in [2.45, 2.75) is 19.0 Å². The van der Waals surface area contributed by atoms with Crippen molar-refractivity contribution in [1.29, 1.82) is 0 Å². The molecule has 2 saturated heterocycles. The van der Waals surface area contributed by atoms with Gasteiger partial charge in [-0.3, -0.25) is 19.4 Å². The summed E-state index contributed by atoms with van der Waals surface area (Å²) in [5.41, 5.74) is 4.72. The number of amides is 3. The highest BCUT2D eigenvalue weighted by Crippen LogP contribution is 2.42. The second-order valence-electron chi connectivity index (χ2n) is 8.25. The highest BCUT2D eigenvalue weighted by molar-refractivity contribution is 9.10. The summed E-state index contributed by atoms with van der Waals surface area (Å²) in [7, 11) is 0. The molecule has 35 heavy (non-hydrogen) atoms. The first-order valence-corrected chi connectivity index (χ1v) is 12.3. The zero-order chi connectivity index (χ0) is 24.7. The van der Waals surface area contributed by atoms with Crippen LogP contribution in [0.5, 0.6) is 5.75 Å². The van der Waals surface area contributed by atoms with Crippen LogP contribution in [0.4, 0.5) is 5.69 Å². The number of benzene rings is 3. The average molecular weight is 555 g/mol. The number of ether oxygens (including phenoxy) is 1. The van der Waals surface area contributed by atoms with Crippen LogP contribution in [0.15, 0.2) is 77.3 Å². The minimum absolute atomic E-state index is 0.374. The third-order valence-corrected chi connectivity index (χ3v) is 6.91. The Bertz CT molecular complexity index is 1300. The molecule has 2 heterocycles. The van der Waals surface area contributed by atoms with Crippen molar-refractivity contribution in [1.82, 2.24) is 10.4 Å². The molecule has 2 aliphatic rings. The number of anilines is 1. The molecule has 0 spiro atoms. The number of imide groups is 1. The number of fused-ring (bicyclic) bond motifs is 1. The molecule has 0 unspecified atom stereocenters. The van der Waals surface area contributed by atoms with Gasteiger partial charge in [0.2, 0.25) is 5.91 Å². The molecule has 5 rings (SSSR count). The van der Waals surface area contributed by atoms with E-state index in [1.807, 2.05) is 13.0 Å². The van der Waals surface area contributed by atoms with Crippen molar-refractivity contribution in [2.24, 2.45) is 5.92 Å². The monoisotopic (exact) mass is 553 g/mol. The van der Waals surface area contributed by atoms with Gasteiger partial charge in [-0.05, 0) is 67.1 Å². The number of carbonyl (C=O) groups is 3. The van der Waals surface area contributed by atoms with Crippen molar-refractivity contribution in [2.75, 3.05) is 11.5 Å². The van der Waals surface area contributed by atoms with Crippen molar-refractivity contribution >= 4 is 50.9 Å². The predicted molar refractivity (Wildman–Crippen MR) is 135 cm³/mol. The molecular formula is C26H21BrClN3O4. The molecule has 0 aromatic heterocycles. The number of rotatable bonds is 5. The summed E-state index contributed by atoms with van der Waals surface area (Å²) in [6.45, 7) is 2.38. The molecule has 1 N–H and O–H groups in total. The largest absolute Gasteiger partial charge is 0.494 e. The van der Waals surface area contributed by atoms with Crippen LogP contribution in [0, 0.1) is 5.92 Å². The molecule has 3 aromatic rings. The molecule has 3 atom stereocenters. The zero-order valence-electron chi connectivity index (χ0n) is 18.7. The van der Waals surface area contributed by atoms with Gasteiger partial charge in [0.15, 0.2) is 0 Å². The Labute approximate surface area is 215 Å². The van der Waals surface area contributed by atoms with Crippen molar-refractivity contribution < 1.29 is 19.1 Å². The van der Waals surface area contributed by atoms with Crippen LogP contribution in [-0.2, 0) is 9.59 Å². The van der Waals surface area contributed by atoms with Crippen molar-refractivity contribution in [3.63, 3.8) is 0 Å². The number of hydrogen-bond acceptors (Lipinski definition) is 5. The van der Waals surface area contributed by atoms with Crippen molar-refractivity contribution in [3.8, 4) is 5.75 Å². The Morgan fingerprint density at radius 1 is 1.03 bits per heavy atom. The Hall–Kier alpha value is -3.20. The molecule has 3 amide bonds. The summed E-state index contributed by atoms with van der Waals surface area (Å²) >= 11 is 9.45. The molecule has 9 heteroatoms. The van der Waals surface area contributed by atoms with E-state index in [9.17, 15) is 14.4 Å². The fraction of sp³-hybridized carbons (Fsp3) is 0.192. The first-order chi connectivity index (χ1) is 16.9. The normalized spacial score (nSPS) is 21.4. The Morgan fingerprint density at radius 2 is 1.74 bits per heavy atom. The maximum absolute atomic E-state index is 13.7. The highest BCUT2D eigenvalue weighted by Gasteiger charge is 2.60. The molecule has 2 aliphatic heterocycles. The maximum Gasteiger partial charge on any atom is 0.268 e. The first kappa shape index (κ1) is 23.5. The summed E-state index contributed by atoms with van der Waals surface area (Å²) < 4.78 is 6.21. The van der Waals surface area contributed by atoms with E-state index in [-0.39, 0.29) is 5.91 Å². The fourth-order valence-electron chi connectivity index (χ4n) is 4.60. The number of halogens is 2. The molecule has 0 saturated carbocycles. The van der Waals surface area contributed by atoms with E-state index in [2.05, 4.69) is 21.4 Å². The van der Waals surface area contributed by atoms with Crippen LogP contribution in [0.25, 0.3) is 0 Å². The van der Waals surface area contributed by atoms with E-state index >= 15 is 0 Å². The number of hydrazine groups is 1. The lowest BCUT2D eigenvalue weighted by molar-refractivity contribution is -0.123. The van der Waals surface area contributed by atoms with Gasteiger partial charge in [-0.1, -0.05) is 45.7 Å². The molecule has 3 aromatic carbocycles. The van der Waals surface area contributed by atoms with E-state index in [4.69, 9.17) is 16.3 Å². The molecule has 2 fully saturated rings. The highest BCUT2D eigenvalue weighted by atomic mass is 79.9. The summed E-state index contributed by atoms with van der Waals surface area (Å²) in [5.74, 6) is -1.39. The Balaban J connectivity index is 1.54. The van der Waals surface area contributed by atoms with E-state index in [1.54, 1.807) is 66.7 Å². The standard InChI is InChI=1S/C26H21BrClN3O4/c1-2-35-20-12-10-19(11-13-20)30-25(33)21-22(15-6-8-18(28)9-7-15)29-31(23(21)26(30)34)24(32)16-4-3-5-17(27)14-16/h3-14,21-23,29H,2H2,1H3/t21-,22-,23-/m1/s1. The van der Waals surface area contributed by atoms with Gasteiger partial charge in [0.25, 0.3) is 11.8 Å². The van der Waals surface area contributed by atoms with Crippen LogP contribution < -0.4 is 15.1 Å². The lowest BCUT2D eigenvalue weighted by Crippen LogP contribution is -2.48. The summed E-state index contributed by atoms with van der Waals surface area (Å²) in [5, 5.41) is 1.84. The minimum Gasteiger partial charge on any atom is -0.494 e. The number of hydrogen-bond donors (Lipinski definition) is 1. The quantitative estimate of drug-likeness (QED) is 0.460. The molecule has 0 aliphatic carbocycles. The second kappa shape index (κ2) is 9.45. The fourth-order valence-corrected chi connectivity index (χ4v) is 5.12. The molecule has 7 nitrogen and oxygen atoms in total. The van der Waals surface area contributed by atoms with Gasteiger partial charge in [-0.2, -0.15) is 0 Å². The molecule has 178 valence electrons. The maximum atomic E-state index is 13.7. The van der Waals surface area contributed by atoms with Gasteiger partial charge in [0, 0.05) is 15.1 Å². The van der Waals surface area contributed by atoms with Gasteiger partial charge in [0.1, 0.15) is 11.8 Å². The van der Waals surface area contributed by atoms with Crippen LogP contribution in [-0.4, -0.2) is 35.4 Å². The molecule has 0 radical (unpaired) electrons. The SMILES string of the molecule is CCOc1ccc(N2C(=O)[C@@H]3[C@@H](c4ccc(Cl)cc4)NN(C(=O)c4cccc(Br)c4)[C@H]3C2=O)cc1. The van der Waals surface area contributed by atoms with Gasteiger partial charge in [-0.15, -0.1) is 0 Å². The van der Waals surface area contributed by atoms with Crippen LogP contribution in [0.2, 0.25) is 5.02 Å². The van der Waals surface area contributed by atoms with Crippen LogP contribution in [0.3, 0.4) is 0 Å². The van der Waals surface area contributed by atoms with E-state index in [1.165, 1.54) is 5.01 Å². The van der Waals surface area contributed by atoms with Crippen LogP contribution in [0.1, 0.15) is 28.9 Å². The molecular weight excluding hydrogens is 534 g/mol. The van der Waals surface area contributed by atoms with Gasteiger partial charge in [-0.25, -0.2) is 10.3 Å². The molecule has 0 bridgehead atoms. The smallest absolute Gasteiger partial charge is 0.268 e. The predicted octanol–water partition coefficient (Wildman–Crippen LogP) is 4.76.